The largest absolute Gasteiger partial charge is 0.491 e. The summed E-state index contributed by atoms with van der Waals surface area (Å²) < 4.78 is 5.80. The van der Waals surface area contributed by atoms with E-state index in [0.29, 0.717) is 46.9 Å². The standard InChI is InChI=1S/C22H23N3O3S/c1-14(2)28-19-10-17(20(26)24-22-23-7-8-29-22)9-18(11-19)21(27)25-12-15-5-3-4-6-16(15)13-25/h3-11,14-16H,12-13H2,1-2H3,(H,23,24,26). The number of fused-ring (bicyclic) bond motifs is 1. The Morgan fingerprint density at radius 1 is 1.14 bits per heavy atom. The third-order valence-corrected chi connectivity index (χ3v) is 5.66. The highest BCUT2D eigenvalue weighted by Crippen LogP contribution is 2.30. The number of nitrogens with zero attached hydrogens (tertiary/aromatic N) is 2. The van der Waals surface area contributed by atoms with Crippen molar-refractivity contribution in [1.82, 2.24) is 9.88 Å². The summed E-state index contributed by atoms with van der Waals surface area (Å²) in [7, 11) is 0. The summed E-state index contributed by atoms with van der Waals surface area (Å²) in [5.41, 5.74) is 0.831. The van der Waals surface area contributed by atoms with Crippen LogP contribution in [0.25, 0.3) is 0 Å². The van der Waals surface area contributed by atoms with Crippen LogP contribution in [0.1, 0.15) is 34.6 Å². The number of nitrogens with one attached hydrogen (secondary N) is 1. The van der Waals surface area contributed by atoms with Gasteiger partial charge in [0.1, 0.15) is 5.75 Å². The molecule has 0 spiro atoms. The molecule has 0 radical (unpaired) electrons. The van der Waals surface area contributed by atoms with Gasteiger partial charge in [-0.3, -0.25) is 14.9 Å². The van der Waals surface area contributed by atoms with E-state index in [4.69, 9.17) is 4.74 Å². The summed E-state index contributed by atoms with van der Waals surface area (Å²) in [6, 6.07) is 5.01. The normalized spacial score (nSPS) is 20.0. The van der Waals surface area contributed by atoms with E-state index in [1.54, 1.807) is 29.8 Å². The van der Waals surface area contributed by atoms with Crippen LogP contribution in [0.5, 0.6) is 5.75 Å². The van der Waals surface area contributed by atoms with Gasteiger partial charge in [-0.1, -0.05) is 24.3 Å². The van der Waals surface area contributed by atoms with Gasteiger partial charge in [0.05, 0.1) is 6.10 Å². The van der Waals surface area contributed by atoms with Gasteiger partial charge in [0.2, 0.25) is 0 Å². The molecule has 1 saturated heterocycles. The van der Waals surface area contributed by atoms with E-state index in [1.807, 2.05) is 30.9 Å². The average molecular weight is 410 g/mol. The third-order valence-electron chi connectivity index (χ3n) is 4.97. The zero-order valence-electron chi connectivity index (χ0n) is 16.4. The first-order chi connectivity index (χ1) is 14.0. The summed E-state index contributed by atoms with van der Waals surface area (Å²) in [6.45, 7) is 5.18. The second kappa shape index (κ2) is 8.21. The number of rotatable bonds is 5. The predicted octanol–water partition coefficient (Wildman–Crippen LogP) is 4.00. The van der Waals surface area contributed by atoms with Crippen molar-refractivity contribution >= 4 is 28.3 Å². The lowest BCUT2D eigenvalue weighted by atomic mass is 9.92. The first kappa shape index (κ1) is 19.4. The number of benzene rings is 1. The van der Waals surface area contributed by atoms with Crippen LogP contribution in [0.4, 0.5) is 5.13 Å². The maximum Gasteiger partial charge on any atom is 0.257 e. The van der Waals surface area contributed by atoms with Crippen molar-refractivity contribution in [3.63, 3.8) is 0 Å². The van der Waals surface area contributed by atoms with E-state index < -0.39 is 0 Å². The Hall–Kier alpha value is -2.93. The number of allylic oxidation sites excluding steroid dienone is 2. The number of thiazole rings is 1. The van der Waals surface area contributed by atoms with Gasteiger partial charge in [-0.2, -0.15) is 0 Å². The number of carbonyl (C=O) groups excluding carboxylic acids is 2. The second-order valence-electron chi connectivity index (χ2n) is 7.51. The summed E-state index contributed by atoms with van der Waals surface area (Å²) in [5.74, 6) is 0.813. The maximum atomic E-state index is 13.2. The van der Waals surface area contributed by atoms with Crippen LogP contribution < -0.4 is 10.1 Å². The monoisotopic (exact) mass is 409 g/mol. The minimum absolute atomic E-state index is 0.0693. The van der Waals surface area contributed by atoms with Gasteiger partial charge in [0.15, 0.2) is 5.13 Å². The molecule has 2 heterocycles. The van der Waals surface area contributed by atoms with E-state index in [0.717, 1.165) is 0 Å². The smallest absolute Gasteiger partial charge is 0.257 e. The van der Waals surface area contributed by atoms with E-state index in [1.165, 1.54) is 11.3 Å². The quantitative estimate of drug-likeness (QED) is 0.810. The first-order valence-electron chi connectivity index (χ1n) is 9.66. The van der Waals surface area contributed by atoms with Gasteiger partial charge in [-0.15, -0.1) is 11.3 Å². The minimum Gasteiger partial charge on any atom is -0.491 e. The van der Waals surface area contributed by atoms with Crippen molar-refractivity contribution in [2.75, 3.05) is 18.4 Å². The molecule has 29 heavy (non-hydrogen) atoms. The molecule has 2 atom stereocenters. The molecule has 1 aromatic carbocycles. The minimum atomic E-state index is -0.316. The molecule has 1 aliphatic carbocycles. The highest BCUT2D eigenvalue weighted by atomic mass is 32.1. The average Bonchev–Trinajstić information content (AvgIpc) is 3.35. The maximum absolute atomic E-state index is 13.2. The molecular formula is C22H23N3O3S. The van der Waals surface area contributed by atoms with Crippen LogP contribution in [0.3, 0.4) is 0 Å². The molecule has 2 amide bonds. The van der Waals surface area contributed by atoms with Crippen molar-refractivity contribution < 1.29 is 14.3 Å². The van der Waals surface area contributed by atoms with Gasteiger partial charge in [0.25, 0.3) is 11.8 Å². The molecule has 7 heteroatoms. The van der Waals surface area contributed by atoms with Gasteiger partial charge in [0, 0.05) is 47.6 Å². The molecule has 2 unspecified atom stereocenters. The number of likely N-dealkylation sites (tertiary alicyclic amines) is 1. The number of amides is 2. The SMILES string of the molecule is CC(C)Oc1cc(C(=O)Nc2nccs2)cc(C(=O)N2CC3C=CC=CC3C2)c1. The van der Waals surface area contributed by atoms with Crippen LogP contribution >= 0.6 is 11.3 Å². The molecule has 1 fully saturated rings. The van der Waals surface area contributed by atoms with E-state index in [2.05, 4.69) is 22.5 Å². The van der Waals surface area contributed by atoms with Crippen molar-refractivity contribution in [2.45, 2.75) is 20.0 Å². The molecule has 1 aliphatic heterocycles. The van der Waals surface area contributed by atoms with Crippen molar-refractivity contribution in [1.29, 1.82) is 0 Å². The Labute approximate surface area is 173 Å². The van der Waals surface area contributed by atoms with E-state index in [-0.39, 0.29) is 17.9 Å². The fourth-order valence-corrected chi connectivity index (χ4v) is 4.20. The number of aromatic nitrogens is 1. The number of anilines is 1. The Morgan fingerprint density at radius 2 is 1.83 bits per heavy atom. The van der Waals surface area contributed by atoms with Crippen LogP contribution in [0.15, 0.2) is 54.1 Å². The third kappa shape index (κ3) is 4.40. The van der Waals surface area contributed by atoms with E-state index >= 15 is 0 Å². The predicted molar refractivity (Wildman–Crippen MR) is 113 cm³/mol. The molecule has 4 rings (SSSR count). The molecule has 6 nitrogen and oxygen atoms in total. The summed E-state index contributed by atoms with van der Waals surface area (Å²) in [4.78, 5) is 31.8. The van der Waals surface area contributed by atoms with Crippen LogP contribution in [0.2, 0.25) is 0 Å². The van der Waals surface area contributed by atoms with Crippen molar-refractivity contribution in [3.05, 3.63) is 65.2 Å². The summed E-state index contributed by atoms with van der Waals surface area (Å²) in [6.07, 6.45) is 9.94. The van der Waals surface area contributed by atoms with E-state index in [9.17, 15) is 9.59 Å². The zero-order chi connectivity index (χ0) is 20.4. The van der Waals surface area contributed by atoms with Gasteiger partial charge in [-0.05, 0) is 32.0 Å². The van der Waals surface area contributed by atoms with Gasteiger partial charge < -0.3 is 9.64 Å². The topological polar surface area (TPSA) is 71.5 Å². The number of carbonyl (C=O) groups is 2. The van der Waals surface area contributed by atoms with Crippen LogP contribution in [-0.2, 0) is 0 Å². The molecule has 1 aromatic heterocycles. The molecule has 2 aromatic rings. The fourth-order valence-electron chi connectivity index (χ4n) is 3.67. The van der Waals surface area contributed by atoms with Crippen molar-refractivity contribution in [3.8, 4) is 5.75 Å². The molecular weight excluding hydrogens is 386 g/mol. The molecule has 0 saturated carbocycles. The molecule has 150 valence electrons. The second-order valence-corrected chi connectivity index (χ2v) is 8.41. The van der Waals surface area contributed by atoms with Crippen LogP contribution in [0, 0.1) is 11.8 Å². The highest BCUT2D eigenvalue weighted by Gasteiger charge is 2.33. The number of hydrogen-bond acceptors (Lipinski definition) is 5. The Kier molecular flexibility index (Phi) is 5.49. The van der Waals surface area contributed by atoms with Crippen molar-refractivity contribution in [2.24, 2.45) is 11.8 Å². The Bertz CT molecular complexity index is 946. The van der Waals surface area contributed by atoms with Gasteiger partial charge >= 0.3 is 0 Å². The highest BCUT2D eigenvalue weighted by molar-refractivity contribution is 7.13. The Balaban J connectivity index is 1.59. The molecule has 0 bridgehead atoms. The first-order valence-corrected chi connectivity index (χ1v) is 10.5. The summed E-state index contributed by atoms with van der Waals surface area (Å²) in [5, 5.41) is 5.07. The van der Waals surface area contributed by atoms with Crippen LogP contribution in [-0.4, -0.2) is 40.9 Å². The zero-order valence-corrected chi connectivity index (χ0v) is 17.2. The lowest BCUT2D eigenvalue weighted by molar-refractivity contribution is 0.0786. The molecule has 2 aliphatic rings. The lowest BCUT2D eigenvalue weighted by Crippen LogP contribution is -2.29. The van der Waals surface area contributed by atoms with Gasteiger partial charge in [-0.25, -0.2) is 4.98 Å². The molecule has 1 N–H and O–H groups in total. The lowest BCUT2D eigenvalue weighted by Gasteiger charge is -2.18. The number of hydrogen-bond donors (Lipinski definition) is 1. The Morgan fingerprint density at radius 3 is 2.45 bits per heavy atom. The fraction of sp³-hybridized carbons (Fsp3) is 0.318. The summed E-state index contributed by atoms with van der Waals surface area (Å²) >= 11 is 1.34. The number of ether oxygens (including phenoxy) is 1.